The number of esters is 3. The van der Waals surface area contributed by atoms with Crippen molar-refractivity contribution in [1.29, 1.82) is 0 Å². The Bertz CT molecular complexity index is 1240. The lowest BCUT2D eigenvalue weighted by Gasteiger charge is -2.18. The monoisotopic (exact) mass is 877 g/mol. The lowest BCUT2D eigenvalue weighted by atomic mass is 10.0. The van der Waals surface area contributed by atoms with Gasteiger partial charge in [0, 0.05) is 19.3 Å². The van der Waals surface area contributed by atoms with Gasteiger partial charge in [0.15, 0.2) is 6.10 Å². The molecule has 0 saturated carbocycles. The second-order valence-electron chi connectivity index (χ2n) is 17.0. The van der Waals surface area contributed by atoms with Crippen LogP contribution in [0.5, 0.6) is 0 Å². The van der Waals surface area contributed by atoms with Crippen molar-refractivity contribution in [2.75, 3.05) is 13.2 Å². The predicted molar refractivity (Wildman–Crippen MR) is 270 cm³/mol. The van der Waals surface area contributed by atoms with Crippen LogP contribution in [0.2, 0.25) is 0 Å². The molecule has 0 aromatic rings. The SMILES string of the molecule is CC/C=C\C/C=C\C/C=C\C/C=C\CCCCC(=O)OC[C@H](COC(=O)CCCCCCC/C=C\C/C=C\C/C=C\CC)OC(=O)CCCCCCCCCCCCCCCCC. The van der Waals surface area contributed by atoms with E-state index in [4.69, 9.17) is 14.2 Å². The van der Waals surface area contributed by atoms with Crippen LogP contribution in [0.3, 0.4) is 0 Å². The molecule has 63 heavy (non-hydrogen) atoms. The highest BCUT2D eigenvalue weighted by Gasteiger charge is 2.19. The Labute approximate surface area is 388 Å². The van der Waals surface area contributed by atoms with Crippen LogP contribution in [0.25, 0.3) is 0 Å². The number of hydrogen-bond donors (Lipinski definition) is 0. The van der Waals surface area contributed by atoms with Gasteiger partial charge >= 0.3 is 17.9 Å². The van der Waals surface area contributed by atoms with E-state index < -0.39 is 6.10 Å². The Hall–Kier alpha value is -3.41. The van der Waals surface area contributed by atoms with Crippen molar-refractivity contribution >= 4 is 17.9 Å². The van der Waals surface area contributed by atoms with Gasteiger partial charge in [0.1, 0.15) is 13.2 Å². The number of carbonyl (C=O) groups excluding carboxylic acids is 3. The lowest BCUT2D eigenvalue weighted by Crippen LogP contribution is -2.30. The van der Waals surface area contributed by atoms with Crippen molar-refractivity contribution in [3.63, 3.8) is 0 Å². The van der Waals surface area contributed by atoms with E-state index in [9.17, 15) is 14.4 Å². The van der Waals surface area contributed by atoms with Gasteiger partial charge in [-0.05, 0) is 89.9 Å². The summed E-state index contributed by atoms with van der Waals surface area (Å²) in [6, 6.07) is 0. The molecule has 0 aromatic heterocycles. The van der Waals surface area contributed by atoms with Crippen LogP contribution in [0.4, 0.5) is 0 Å². The molecule has 0 rings (SSSR count). The van der Waals surface area contributed by atoms with E-state index in [1.165, 1.54) is 77.0 Å². The molecule has 0 saturated heterocycles. The normalized spacial score (nSPS) is 12.7. The van der Waals surface area contributed by atoms with Gasteiger partial charge in [-0.1, -0.05) is 215 Å². The third kappa shape index (κ3) is 49.5. The van der Waals surface area contributed by atoms with Crippen LogP contribution in [-0.4, -0.2) is 37.2 Å². The second-order valence-corrected chi connectivity index (χ2v) is 17.0. The fourth-order valence-electron chi connectivity index (χ4n) is 7.04. The van der Waals surface area contributed by atoms with E-state index in [1.54, 1.807) is 0 Å². The van der Waals surface area contributed by atoms with Crippen molar-refractivity contribution in [2.45, 2.75) is 245 Å². The van der Waals surface area contributed by atoms with Crippen LogP contribution in [-0.2, 0) is 28.6 Å². The Morgan fingerprint density at radius 2 is 0.619 bits per heavy atom. The quantitative estimate of drug-likeness (QED) is 0.0262. The standard InChI is InChI=1S/C57H96O6/c1-4-7-10-13-16-19-22-25-28-31-34-37-40-43-46-49-55(58)61-52-54(63-57(60)51-48-45-42-39-36-33-30-27-24-21-18-15-12-9-6-3)53-62-56(59)50-47-44-41-38-35-32-29-26-23-20-17-14-11-8-5-2/h7-8,10-11,16-17,19-20,25-26,28-29,34,37,54H,4-6,9,12-15,18,21-24,27,30-33,35-36,38-53H2,1-3H3/b10-7-,11-8-,19-16-,20-17-,28-25-,29-26-,37-34-/t54-/m1/s1. The van der Waals surface area contributed by atoms with Gasteiger partial charge in [-0.15, -0.1) is 0 Å². The molecule has 0 aromatic carbocycles. The zero-order valence-corrected chi connectivity index (χ0v) is 41.1. The first-order chi connectivity index (χ1) is 31.0. The average molecular weight is 877 g/mol. The molecular formula is C57H96O6. The van der Waals surface area contributed by atoms with Gasteiger partial charge < -0.3 is 14.2 Å². The number of hydrogen-bond acceptors (Lipinski definition) is 6. The minimum Gasteiger partial charge on any atom is -0.462 e. The summed E-state index contributed by atoms with van der Waals surface area (Å²) < 4.78 is 16.8. The van der Waals surface area contributed by atoms with E-state index in [-0.39, 0.29) is 31.1 Å². The summed E-state index contributed by atoms with van der Waals surface area (Å²) >= 11 is 0. The zero-order chi connectivity index (χ0) is 45.8. The number of rotatable bonds is 46. The van der Waals surface area contributed by atoms with E-state index in [0.29, 0.717) is 19.3 Å². The van der Waals surface area contributed by atoms with Crippen molar-refractivity contribution in [2.24, 2.45) is 0 Å². The summed E-state index contributed by atoms with van der Waals surface area (Å²) in [5.74, 6) is -0.953. The summed E-state index contributed by atoms with van der Waals surface area (Å²) in [7, 11) is 0. The highest BCUT2D eigenvalue weighted by atomic mass is 16.6. The molecule has 0 amide bonds. The van der Waals surface area contributed by atoms with Gasteiger partial charge in [0.25, 0.3) is 0 Å². The zero-order valence-electron chi connectivity index (χ0n) is 41.1. The van der Waals surface area contributed by atoms with Crippen molar-refractivity contribution in [1.82, 2.24) is 0 Å². The Morgan fingerprint density at radius 3 is 1.00 bits per heavy atom. The van der Waals surface area contributed by atoms with Gasteiger partial charge in [-0.2, -0.15) is 0 Å². The largest absolute Gasteiger partial charge is 0.462 e. The van der Waals surface area contributed by atoms with Crippen molar-refractivity contribution in [3.05, 3.63) is 85.1 Å². The summed E-state index contributed by atoms with van der Waals surface area (Å²) in [6.45, 7) is 6.36. The first kappa shape index (κ1) is 59.6. The lowest BCUT2D eigenvalue weighted by molar-refractivity contribution is -0.167. The maximum absolute atomic E-state index is 12.8. The van der Waals surface area contributed by atoms with Crippen molar-refractivity contribution in [3.8, 4) is 0 Å². The first-order valence-corrected chi connectivity index (χ1v) is 26.1. The molecule has 0 aliphatic rings. The minimum absolute atomic E-state index is 0.0977. The van der Waals surface area contributed by atoms with Crippen LogP contribution >= 0.6 is 0 Å². The molecule has 0 N–H and O–H groups in total. The van der Waals surface area contributed by atoms with Gasteiger partial charge in [-0.3, -0.25) is 14.4 Å². The first-order valence-electron chi connectivity index (χ1n) is 26.1. The molecule has 0 aliphatic heterocycles. The number of carbonyl (C=O) groups is 3. The second kappa shape index (κ2) is 51.2. The molecular weight excluding hydrogens is 781 g/mol. The molecule has 6 heteroatoms. The van der Waals surface area contributed by atoms with Crippen LogP contribution in [0.15, 0.2) is 85.1 Å². The minimum atomic E-state index is -0.799. The van der Waals surface area contributed by atoms with E-state index in [0.717, 1.165) is 122 Å². The van der Waals surface area contributed by atoms with E-state index in [1.807, 2.05) is 0 Å². The third-order valence-corrected chi connectivity index (χ3v) is 10.9. The van der Waals surface area contributed by atoms with Crippen molar-refractivity contribution < 1.29 is 28.6 Å². The van der Waals surface area contributed by atoms with E-state index >= 15 is 0 Å². The number of ether oxygens (including phenoxy) is 3. The maximum Gasteiger partial charge on any atom is 0.306 e. The third-order valence-electron chi connectivity index (χ3n) is 10.9. The Kier molecular flexibility index (Phi) is 48.5. The average Bonchev–Trinajstić information content (AvgIpc) is 3.28. The number of unbranched alkanes of at least 4 members (excludes halogenated alkanes) is 21. The topological polar surface area (TPSA) is 78.9 Å². The molecule has 0 heterocycles. The molecule has 0 bridgehead atoms. The predicted octanol–water partition coefficient (Wildman–Crippen LogP) is 17.2. The summed E-state index contributed by atoms with van der Waals surface area (Å²) in [6.07, 6.45) is 65.7. The van der Waals surface area contributed by atoms with Gasteiger partial charge in [0.2, 0.25) is 0 Å². The highest BCUT2D eigenvalue weighted by molar-refractivity contribution is 5.71. The molecule has 0 fully saturated rings. The number of allylic oxidation sites excluding steroid dienone is 14. The van der Waals surface area contributed by atoms with Crippen LogP contribution < -0.4 is 0 Å². The van der Waals surface area contributed by atoms with E-state index in [2.05, 4.69) is 106 Å². The van der Waals surface area contributed by atoms with Crippen LogP contribution in [0, 0.1) is 0 Å². The summed E-state index contributed by atoms with van der Waals surface area (Å²) in [4.78, 5) is 38.0. The summed E-state index contributed by atoms with van der Waals surface area (Å²) in [5.41, 5.74) is 0. The molecule has 0 spiro atoms. The van der Waals surface area contributed by atoms with Gasteiger partial charge in [-0.25, -0.2) is 0 Å². The molecule has 0 radical (unpaired) electrons. The highest BCUT2D eigenvalue weighted by Crippen LogP contribution is 2.15. The fourth-order valence-corrected chi connectivity index (χ4v) is 7.04. The van der Waals surface area contributed by atoms with Crippen LogP contribution in [0.1, 0.15) is 239 Å². The molecule has 1 atom stereocenters. The molecule has 0 aliphatic carbocycles. The molecule has 0 unspecified atom stereocenters. The molecule has 360 valence electrons. The molecule has 6 nitrogen and oxygen atoms in total. The Morgan fingerprint density at radius 1 is 0.333 bits per heavy atom. The Balaban J connectivity index is 4.47. The van der Waals surface area contributed by atoms with Gasteiger partial charge in [0.05, 0.1) is 0 Å². The summed E-state index contributed by atoms with van der Waals surface area (Å²) in [5, 5.41) is 0. The maximum atomic E-state index is 12.8. The smallest absolute Gasteiger partial charge is 0.306 e. The fraction of sp³-hybridized carbons (Fsp3) is 0.702.